The van der Waals surface area contributed by atoms with Crippen molar-refractivity contribution in [1.82, 2.24) is 4.98 Å². The van der Waals surface area contributed by atoms with Gasteiger partial charge < -0.3 is 5.73 Å². The molecule has 14 heavy (non-hydrogen) atoms. The maximum Gasteiger partial charge on any atom is 0.182 e. The van der Waals surface area contributed by atoms with E-state index >= 15 is 0 Å². The molecule has 1 rings (SSSR count). The van der Waals surface area contributed by atoms with Crippen LogP contribution in [0.15, 0.2) is 18.5 Å². The second-order valence-corrected chi connectivity index (χ2v) is 3.13. The molecule has 1 heterocycles. The first kappa shape index (κ1) is 10.4. The Balaban J connectivity index is 2.85. The van der Waals surface area contributed by atoms with E-state index in [1.807, 2.05) is 6.92 Å². The molecule has 72 valence electrons. The largest absolute Gasteiger partial charge is 0.320 e. The first-order valence-electron chi connectivity index (χ1n) is 4.30. The van der Waals surface area contributed by atoms with Crippen LogP contribution < -0.4 is 5.73 Å². The van der Waals surface area contributed by atoms with Crippen molar-refractivity contribution in [3.05, 3.63) is 29.6 Å². The van der Waals surface area contributed by atoms with Crippen LogP contribution in [0.5, 0.6) is 0 Å². The predicted octanol–water partition coefficient (Wildman–Crippen LogP) is 0.923. The highest BCUT2D eigenvalue weighted by Gasteiger charge is 2.14. The number of hydrogen-bond acceptors (Lipinski definition) is 3. The summed E-state index contributed by atoms with van der Waals surface area (Å²) >= 11 is 0. The Hall–Kier alpha value is -1.66. The van der Waals surface area contributed by atoms with Gasteiger partial charge in [-0.1, -0.05) is 0 Å². The van der Waals surface area contributed by atoms with Crippen molar-refractivity contribution in [2.24, 2.45) is 5.73 Å². The number of aryl methyl sites for hydroxylation is 1. The van der Waals surface area contributed by atoms with Crippen molar-refractivity contribution in [3.63, 3.8) is 0 Å². The number of hydrogen-bond donors (Lipinski definition) is 1. The molecular formula is C11H12N2O. The molecule has 2 N–H and O–H groups in total. The number of pyridine rings is 1. The van der Waals surface area contributed by atoms with E-state index in [0.29, 0.717) is 5.56 Å². The molecule has 0 saturated carbocycles. The first-order chi connectivity index (χ1) is 6.65. The number of terminal acetylenes is 1. The van der Waals surface area contributed by atoms with Crippen molar-refractivity contribution in [2.45, 2.75) is 19.4 Å². The van der Waals surface area contributed by atoms with E-state index in [0.717, 1.165) is 5.56 Å². The molecule has 3 nitrogen and oxygen atoms in total. The lowest BCUT2D eigenvalue weighted by atomic mass is 10.0. The van der Waals surface area contributed by atoms with E-state index < -0.39 is 6.04 Å². The fourth-order valence-corrected chi connectivity index (χ4v) is 1.12. The van der Waals surface area contributed by atoms with Crippen molar-refractivity contribution in [2.75, 3.05) is 0 Å². The average Bonchev–Trinajstić information content (AvgIpc) is 2.17. The fourth-order valence-electron chi connectivity index (χ4n) is 1.12. The van der Waals surface area contributed by atoms with Crippen LogP contribution in [0.4, 0.5) is 0 Å². The number of rotatable bonds is 3. The SMILES string of the molecule is C#CCC(N)C(=O)c1cncc(C)c1. The molecule has 0 bridgehead atoms. The Morgan fingerprint density at radius 1 is 1.71 bits per heavy atom. The molecule has 0 aliphatic heterocycles. The molecule has 1 atom stereocenters. The molecule has 0 aliphatic rings. The van der Waals surface area contributed by atoms with Gasteiger partial charge in [0.1, 0.15) is 0 Å². The highest BCUT2D eigenvalue weighted by Crippen LogP contribution is 2.05. The first-order valence-corrected chi connectivity index (χ1v) is 4.30. The van der Waals surface area contributed by atoms with Crippen molar-refractivity contribution in [1.29, 1.82) is 0 Å². The monoisotopic (exact) mass is 188 g/mol. The van der Waals surface area contributed by atoms with Crippen LogP contribution in [0, 0.1) is 19.3 Å². The number of carbonyl (C=O) groups is 1. The number of Topliss-reactive ketones (excluding diaryl/α,β-unsaturated/α-hetero) is 1. The van der Waals surface area contributed by atoms with Crippen LogP contribution in [-0.4, -0.2) is 16.8 Å². The molecule has 3 heteroatoms. The molecule has 0 aliphatic carbocycles. The zero-order chi connectivity index (χ0) is 10.6. The minimum absolute atomic E-state index is 0.154. The highest BCUT2D eigenvalue weighted by molar-refractivity contribution is 5.99. The third-order valence-corrected chi connectivity index (χ3v) is 1.83. The van der Waals surface area contributed by atoms with E-state index in [1.54, 1.807) is 12.3 Å². The lowest BCUT2D eigenvalue weighted by Gasteiger charge is -2.06. The van der Waals surface area contributed by atoms with Gasteiger partial charge in [0.2, 0.25) is 0 Å². The van der Waals surface area contributed by atoms with Gasteiger partial charge >= 0.3 is 0 Å². The summed E-state index contributed by atoms with van der Waals surface area (Å²) in [4.78, 5) is 15.5. The molecule has 0 amide bonds. The van der Waals surface area contributed by atoms with Crippen molar-refractivity contribution >= 4 is 5.78 Å². The highest BCUT2D eigenvalue weighted by atomic mass is 16.1. The fraction of sp³-hybridized carbons (Fsp3) is 0.273. The molecule has 0 radical (unpaired) electrons. The molecule has 1 aromatic heterocycles. The molecule has 0 spiro atoms. The van der Waals surface area contributed by atoms with Gasteiger partial charge in [0, 0.05) is 24.4 Å². The van der Waals surface area contributed by atoms with E-state index in [1.165, 1.54) is 6.20 Å². The quantitative estimate of drug-likeness (QED) is 0.567. The summed E-state index contributed by atoms with van der Waals surface area (Å²) < 4.78 is 0. The van der Waals surface area contributed by atoms with Crippen LogP contribution in [0.3, 0.4) is 0 Å². The number of nitrogens with two attached hydrogens (primary N) is 1. The number of ketones is 1. The number of aromatic nitrogens is 1. The number of carbonyl (C=O) groups excluding carboxylic acids is 1. The van der Waals surface area contributed by atoms with E-state index in [9.17, 15) is 4.79 Å². The standard InChI is InChI=1S/C11H12N2O/c1-3-4-10(12)11(14)9-5-8(2)6-13-7-9/h1,5-7,10H,4,12H2,2H3. The second kappa shape index (κ2) is 4.54. The van der Waals surface area contributed by atoms with Crippen LogP contribution in [0.25, 0.3) is 0 Å². The van der Waals surface area contributed by atoms with Crippen LogP contribution >= 0.6 is 0 Å². The zero-order valence-corrected chi connectivity index (χ0v) is 8.03. The summed E-state index contributed by atoms with van der Waals surface area (Å²) in [6.07, 6.45) is 8.52. The van der Waals surface area contributed by atoms with Crippen molar-refractivity contribution < 1.29 is 4.79 Å². The maximum absolute atomic E-state index is 11.6. The van der Waals surface area contributed by atoms with Gasteiger partial charge in [-0.15, -0.1) is 12.3 Å². The smallest absolute Gasteiger partial charge is 0.182 e. The third kappa shape index (κ3) is 2.41. The van der Waals surface area contributed by atoms with Gasteiger partial charge in [-0.05, 0) is 18.6 Å². The number of nitrogens with zero attached hydrogens (tertiary/aromatic N) is 1. The minimum atomic E-state index is -0.622. The lowest BCUT2D eigenvalue weighted by molar-refractivity contribution is 0.0962. The predicted molar refractivity (Wildman–Crippen MR) is 54.7 cm³/mol. The summed E-state index contributed by atoms with van der Waals surface area (Å²) in [5.74, 6) is 2.21. The zero-order valence-electron chi connectivity index (χ0n) is 8.03. The minimum Gasteiger partial charge on any atom is -0.320 e. The molecular weight excluding hydrogens is 176 g/mol. The van der Waals surface area contributed by atoms with Crippen LogP contribution in [0.2, 0.25) is 0 Å². The Morgan fingerprint density at radius 3 is 3.00 bits per heavy atom. The summed E-state index contributed by atoms with van der Waals surface area (Å²) in [5.41, 5.74) is 7.05. The lowest BCUT2D eigenvalue weighted by Crippen LogP contribution is -2.30. The average molecular weight is 188 g/mol. The van der Waals surface area contributed by atoms with Crippen LogP contribution in [0.1, 0.15) is 22.3 Å². The van der Waals surface area contributed by atoms with Gasteiger partial charge in [0.05, 0.1) is 6.04 Å². The van der Waals surface area contributed by atoms with Gasteiger partial charge in [-0.25, -0.2) is 0 Å². The van der Waals surface area contributed by atoms with E-state index in [-0.39, 0.29) is 12.2 Å². The molecule has 0 aromatic carbocycles. The molecule has 1 aromatic rings. The summed E-state index contributed by atoms with van der Waals surface area (Å²) in [7, 11) is 0. The summed E-state index contributed by atoms with van der Waals surface area (Å²) in [6.45, 7) is 1.87. The molecule has 1 unspecified atom stereocenters. The maximum atomic E-state index is 11.6. The normalized spacial score (nSPS) is 11.8. The van der Waals surface area contributed by atoms with Crippen molar-refractivity contribution in [3.8, 4) is 12.3 Å². The summed E-state index contributed by atoms with van der Waals surface area (Å²) in [6, 6.07) is 1.13. The third-order valence-electron chi connectivity index (χ3n) is 1.83. The van der Waals surface area contributed by atoms with E-state index in [4.69, 9.17) is 12.2 Å². The Morgan fingerprint density at radius 2 is 2.43 bits per heavy atom. The Kier molecular flexibility index (Phi) is 3.38. The molecule has 0 fully saturated rings. The van der Waals surface area contributed by atoms with Gasteiger partial charge in [-0.3, -0.25) is 9.78 Å². The van der Waals surface area contributed by atoms with E-state index in [2.05, 4.69) is 10.9 Å². The molecule has 0 saturated heterocycles. The van der Waals surface area contributed by atoms with Gasteiger partial charge in [-0.2, -0.15) is 0 Å². The Labute approximate surface area is 83.3 Å². The van der Waals surface area contributed by atoms with Gasteiger partial charge in [0.15, 0.2) is 5.78 Å². The second-order valence-electron chi connectivity index (χ2n) is 3.13. The summed E-state index contributed by atoms with van der Waals surface area (Å²) in [5, 5.41) is 0. The van der Waals surface area contributed by atoms with Gasteiger partial charge in [0.25, 0.3) is 0 Å². The topological polar surface area (TPSA) is 56.0 Å². The Bertz CT molecular complexity index is 379. The van der Waals surface area contributed by atoms with Crippen LogP contribution in [-0.2, 0) is 0 Å².